The van der Waals surface area contributed by atoms with Crippen molar-refractivity contribution in [3.05, 3.63) is 108 Å². The molecule has 0 bridgehead atoms. The van der Waals surface area contributed by atoms with Crippen LogP contribution in [0.2, 0.25) is 0 Å². The summed E-state index contributed by atoms with van der Waals surface area (Å²) in [6.45, 7) is 13.8. The third-order valence-electron chi connectivity index (χ3n) is 13.4. The summed E-state index contributed by atoms with van der Waals surface area (Å²) < 4.78 is 5.84. The van der Waals surface area contributed by atoms with Crippen LogP contribution in [0.1, 0.15) is 91.2 Å². The highest BCUT2D eigenvalue weighted by atomic mass is 16.5. The van der Waals surface area contributed by atoms with Gasteiger partial charge >= 0.3 is 11.9 Å². The number of aryl methyl sites for hydroxylation is 1. The van der Waals surface area contributed by atoms with E-state index in [4.69, 9.17) is 16.2 Å². The Bertz CT molecular complexity index is 2500. The standard InChI is InChI=1S/C56H80N10O12/c1-32(2)29-44-53(73)62-42(25-23-38-17-12-10-13-18-38)52(72)65-47(55(76)77)36(6)49(69)61-41(21-16-28-59-56(57)58)51(71)60-40(24-22-33(3)30-34(4)45(78-9)31-39-19-14-11-15-20-39)35(5)48(68)63-43(54(74)75)26-27-46(67)66(8)37(7)50(70)64-44/h10-15,17-20,22,24,30,32,34-36,40-45,47H,7,16,21,23,25-29,31H2,1-6,8-9H3,(H,60,71)(H,61,69)(H,62,73)(H,63,68)(H,64,70)(H,65,72)(H,74,75)(H,76,77)(H4,57,58,59). The zero-order chi connectivity index (χ0) is 58.2. The van der Waals surface area contributed by atoms with Crippen molar-refractivity contribution < 1.29 is 58.1 Å². The van der Waals surface area contributed by atoms with Gasteiger partial charge in [-0.15, -0.1) is 0 Å². The van der Waals surface area contributed by atoms with Crippen molar-refractivity contribution in [2.75, 3.05) is 20.7 Å². The van der Waals surface area contributed by atoms with Crippen molar-refractivity contribution in [1.82, 2.24) is 36.8 Å². The molecule has 426 valence electrons. The van der Waals surface area contributed by atoms with E-state index in [0.717, 1.165) is 16.0 Å². The number of ether oxygens (including phenoxy) is 1. The highest BCUT2D eigenvalue weighted by Crippen LogP contribution is 2.19. The average molecular weight is 1090 g/mol. The van der Waals surface area contributed by atoms with E-state index in [1.54, 1.807) is 64.3 Å². The number of nitrogens with one attached hydrogen (secondary N) is 6. The van der Waals surface area contributed by atoms with Crippen LogP contribution in [-0.2, 0) is 60.7 Å². The van der Waals surface area contributed by atoms with Crippen LogP contribution in [0.3, 0.4) is 0 Å². The van der Waals surface area contributed by atoms with E-state index in [1.165, 1.54) is 27.0 Å². The SMILES string of the molecule is C=C1C(=O)NC(CC(C)C)C(=O)NC(CCc2ccccc2)C(=O)NC(C(=O)O)C(C)C(=O)NC(CCCN=C(N)N)C(=O)NC(C=CC(C)=CC(C)C(Cc2ccccc2)OC)C(C)C(=O)NC(C(=O)O)CCC(=O)N1C. The molecule has 1 aliphatic heterocycles. The molecule has 1 saturated heterocycles. The number of aliphatic carboxylic acids is 2. The number of hydrogen-bond acceptors (Lipinski definition) is 11. The Morgan fingerprint density at radius 1 is 0.769 bits per heavy atom. The Labute approximate surface area is 456 Å². The van der Waals surface area contributed by atoms with Crippen molar-refractivity contribution >= 4 is 59.2 Å². The highest BCUT2D eigenvalue weighted by molar-refractivity contribution is 6.00. The molecule has 1 fully saturated rings. The van der Waals surface area contributed by atoms with Gasteiger partial charge in [-0.05, 0) is 68.9 Å². The van der Waals surface area contributed by atoms with Gasteiger partial charge in [-0.25, -0.2) is 9.59 Å². The monoisotopic (exact) mass is 1080 g/mol. The molecule has 10 atom stereocenters. The minimum Gasteiger partial charge on any atom is -0.480 e. The number of nitrogens with zero attached hydrogens (tertiary/aromatic N) is 2. The Morgan fingerprint density at radius 2 is 1.33 bits per heavy atom. The maximum Gasteiger partial charge on any atom is 0.327 e. The molecule has 0 aliphatic carbocycles. The Kier molecular flexibility index (Phi) is 26.4. The van der Waals surface area contributed by atoms with Gasteiger partial charge in [0.05, 0.1) is 24.0 Å². The second-order valence-corrected chi connectivity index (χ2v) is 20.1. The summed E-state index contributed by atoms with van der Waals surface area (Å²) in [5.74, 6) is -12.6. The zero-order valence-corrected chi connectivity index (χ0v) is 46.0. The van der Waals surface area contributed by atoms with Gasteiger partial charge < -0.3 is 63.2 Å². The van der Waals surface area contributed by atoms with E-state index >= 15 is 0 Å². The third-order valence-corrected chi connectivity index (χ3v) is 13.4. The van der Waals surface area contributed by atoms with E-state index in [0.29, 0.717) is 12.0 Å². The number of hydrogen-bond donors (Lipinski definition) is 10. The highest BCUT2D eigenvalue weighted by Gasteiger charge is 2.38. The zero-order valence-electron chi connectivity index (χ0n) is 46.0. The lowest BCUT2D eigenvalue weighted by Crippen LogP contribution is -2.59. The summed E-state index contributed by atoms with van der Waals surface area (Å²) >= 11 is 0. The lowest BCUT2D eigenvalue weighted by molar-refractivity contribution is -0.146. The molecule has 0 aromatic heterocycles. The number of carbonyl (C=O) groups is 9. The number of likely N-dealkylation sites (N-methyl/N-ethyl adjacent to an activating group) is 1. The van der Waals surface area contributed by atoms with Gasteiger partial charge in [0.1, 0.15) is 35.9 Å². The van der Waals surface area contributed by atoms with E-state index < -0.39 is 120 Å². The van der Waals surface area contributed by atoms with Gasteiger partial charge in [-0.2, -0.15) is 0 Å². The lowest BCUT2D eigenvalue weighted by atomic mass is 9.94. The molecular weight excluding hydrogens is 1000 g/mol. The molecule has 0 saturated carbocycles. The van der Waals surface area contributed by atoms with Crippen LogP contribution in [0, 0.1) is 23.7 Å². The van der Waals surface area contributed by atoms with E-state index in [1.807, 2.05) is 43.3 Å². The summed E-state index contributed by atoms with van der Waals surface area (Å²) in [4.78, 5) is 129. The van der Waals surface area contributed by atoms with Crippen molar-refractivity contribution in [2.24, 2.45) is 40.1 Å². The number of allylic oxidation sites excluding steroid dienone is 2. The molecule has 0 spiro atoms. The van der Waals surface area contributed by atoms with E-state index in [2.05, 4.69) is 43.5 Å². The van der Waals surface area contributed by atoms with Gasteiger partial charge in [0, 0.05) is 33.0 Å². The molecule has 22 nitrogen and oxygen atoms in total. The maximum absolute atomic E-state index is 14.5. The molecular formula is C56H80N10O12. The summed E-state index contributed by atoms with van der Waals surface area (Å²) in [5, 5.41) is 36.3. The normalized spacial score (nSPS) is 24.1. The van der Waals surface area contributed by atoms with Crippen LogP contribution in [0.4, 0.5) is 0 Å². The van der Waals surface area contributed by atoms with Gasteiger partial charge in [0.2, 0.25) is 35.4 Å². The fourth-order valence-corrected chi connectivity index (χ4v) is 8.55. The molecule has 10 unspecified atom stereocenters. The first-order valence-corrected chi connectivity index (χ1v) is 26.1. The van der Waals surface area contributed by atoms with Gasteiger partial charge in [0.25, 0.3) is 5.91 Å². The molecule has 12 N–H and O–H groups in total. The molecule has 1 heterocycles. The van der Waals surface area contributed by atoms with Crippen molar-refractivity contribution in [3.63, 3.8) is 0 Å². The molecule has 78 heavy (non-hydrogen) atoms. The second kappa shape index (κ2) is 32.0. The van der Waals surface area contributed by atoms with Crippen molar-refractivity contribution in [1.29, 1.82) is 0 Å². The first-order chi connectivity index (χ1) is 36.8. The van der Waals surface area contributed by atoms with Crippen molar-refractivity contribution in [2.45, 2.75) is 135 Å². The fourth-order valence-electron chi connectivity index (χ4n) is 8.55. The third kappa shape index (κ3) is 21.3. The lowest BCUT2D eigenvalue weighted by Gasteiger charge is -2.29. The predicted octanol–water partition coefficient (Wildman–Crippen LogP) is 2.23. The van der Waals surface area contributed by atoms with Crippen LogP contribution >= 0.6 is 0 Å². The number of methoxy groups -OCH3 is 1. The van der Waals surface area contributed by atoms with Crippen LogP contribution in [0.5, 0.6) is 0 Å². The molecule has 2 aromatic carbocycles. The van der Waals surface area contributed by atoms with Crippen LogP contribution in [0.15, 0.2) is 102 Å². The molecule has 2 aromatic rings. The average Bonchev–Trinajstić information content (AvgIpc) is 3.39. The summed E-state index contributed by atoms with van der Waals surface area (Å²) in [7, 11) is 2.85. The quantitative estimate of drug-likeness (QED) is 0.0337. The number of amides is 7. The predicted molar refractivity (Wildman–Crippen MR) is 293 cm³/mol. The fraction of sp³-hybridized carbons (Fsp3) is 0.500. The second-order valence-electron chi connectivity index (χ2n) is 20.1. The number of carboxylic acids is 2. The molecule has 22 heteroatoms. The Balaban J connectivity index is 2.17. The van der Waals surface area contributed by atoms with Gasteiger partial charge in [-0.1, -0.05) is 126 Å². The maximum atomic E-state index is 14.5. The van der Waals surface area contributed by atoms with E-state index in [-0.39, 0.29) is 62.5 Å². The number of benzene rings is 2. The Hall–Kier alpha value is -7.88. The van der Waals surface area contributed by atoms with Crippen LogP contribution in [0.25, 0.3) is 0 Å². The van der Waals surface area contributed by atoms with Crippen LogP contribution < -0.4 is 43.4 Å². The summed E-state index contributed by atoms with van der Waals surface area (Å²) in [6.07, 6.45) is 4.82. The van der Waals surface area contributed by atoms with Crippen molar-refractivity contribution in [3.8, 4) is 0 Å². The van der Waals surface area contributed by atoms with E-state index in [9.17, 15) is 53.4 Å². The van der Waals surface area contributed by atoms with Gasteiger partial charge in [-0.3, -0.25) is 38.6 Å². The number of carbonyl (C=O) groups excluding carboxylic acids is 7. The topological polar surface area (TPSA) is 343 Å². The number of aliphatic imine (C=N–C) groups is 1. The smallest absolute Gasteiger partial charge is 0.327 e. The summed E-state index contributed by atoms with van der Waals surface area (Å²) in [6, 6.07) is 9.82. The first kappa shape index (κ1) is 64.4. The number of guanidine groups is 1. The van der Waals surface area contributed by atoms with Gasteiger partial charge in [0.15, 0.2) is 5.96 Å². The Morgan fingerprint density at radius 3 is 1.91 bits per heavy atom. The minimum atomic E-state index is -1.92. The minimum absolute atomic E-state index is 0.0170. The number of rotatable bonds is 18. The number of carboxylic acid groups (broad SMARTS) is 2. The van der Waals surface area contributed by atoms with Crippen LogP contribution in [-0.4, -0.2) is 137 Å². The largest absolute Gasteiger partial charge is 0.480 e. The number of nitrogens with two attached hydrogens (primary N) is 2. The molecule has 0 radical (unpaired) electrons. The molecule has 1 aliphatic rings. The summed E-state index contributed by atoms with van der Waals surface area (Å²) in [5.41, 5.74) is 13.2. The first-order valence-electron chi connectivity index (χ1n) is 26.1. The molecule has 7 amide bonds. The molecule has 3 rings (SSSR count).